The molecule has 0 amide bonds. The van der Waals surface area contributed by atoms with Gasteiger partial charge in [0.1, 0.15) is 5.75 Å². The van der Waals surface area contributed by atoms with E-state index in [1.54, 1.807) is 6.92 Å². The van der Waals surface area contributed by atoms with Crippen LogP contribution < -0.4 is 9.47 Å². The minimum Gasteiger partial charge on any atom is -0.495 e. The van der Waals surface area contributed by atoms with Gasteiger partial charge in [-0.1, -0.05) is 25.4 Å². The summed E-state index contributed by atoms with van der Waals surface area (Å²) >= 11 is 5.81. The minimum absolute atomic E-state index is 0.138. The maximum absolute atomic E-state index is 13.3. The molecule has 0 unspecified atom stereocenters. The standard InChI is InChI=1S/C9H10ClFO2.C2H6/c1-5-8(10)6(12-2)4-7(13-3)9(5)11;1-2/h4H,1-3H3;1-2H3. The monoisotopic (exact) mass is 234 g/mol. The van der Waals surface area contributed by atoms with E-state index in [9.17, 15) is 4.39 Å². The minimum atomic E-state index is -0.451. The van der Waals surface area contributed by atoms with Crippen molar-refractivity contribution in [3.63, 3.8) is 0 Å². The predicted octanol–water partition coefficient (Wildman–Crippen LogP) is 3.83. The van der Waals surface area contributed by atoms with E-state index in [0.29, 0.717) is 11.3 Å². The first-order chi connectivity index (χ1) is 7.11. The first-order valence-electron chi connectivity index (χ1n) is 4.68. The van der Waals surface area contributed by atoms with E-state index < -0.39 is 5.82 Å². The van der Waals surface area contributed by atoms with E-state index in [4.69, 9.17) is 21.1 Å². The molecule has 2 nitrogen and oxygen atoms in total. The van der Waals surface area contributed by atoms with Crippen molar-refractivity contribution in [2.75, 3.05) is 14.2 Å². The number of methoxy groups -OCH3 is 2. The normalized spacial score (nSPS) is 9.00. The molecule has 0 heterocycles. The average Bonchev–Trinajstić information content (AvgIpc) is 2.29. The maximum atomic E-state index is 13.3. The topological polar surface area (TPSA) is 18.5 Å². The fraction of sp³-hybridized carbons (Fsp3) is 0.455. The highest BCUT2D eigenvalue weighted by atomic mass is 35.5. The molecule has 0 atom stereocenters. The van der Waals surface area contributed by atoms with Gasteiger partial charge in [0, 0.05) is 11.6 Å². The molecule has 0 aromatic heterocycles. The van der Waals surface area contributed by atoms with Crippen LogP contribution in [0, 0.1) is 12.7 Å². The first-order valence-corrected chi connectivity index (χ1v) is 5.06. The second kappa shape index (κ2) is 6.51. The Labute approximate surface area is 95.0 Å². The van der Waals surface area contributed by atoms with Crippen LogP contribution in [0.1, 0.15) is 19.4 Å². The Bertz CT molecular complexity index is 299. The zero-order chi connectivity index (χ0) is 12.0. The molecule has 0 spiro atoms. The largest absolute Gasteiger partial charge is 0.495 e. The first kappa shape index (κ1) is 14.0. The average molecular weight is 235 g/mol. The Balaban J connectivity index is 0.000000921. The highest BCUT2D eigenvalue weighted by Gasteiger charge is 2.14. The fourth-order valence-electron chi connectivity index (χ4n) is 1.01. The van der Waals surface area contributed by atoms with Gasteiger partial charge in [-0.05, 0) is 6.92 Å². The number of rotatable bonds is 2. The predicted molar refractivity (Wildman–Crippen MR) is 60.6 cm³/mol. The van der Waals surface area contributed by atoms with Crippen LogP contribution in [0.2, 0.25) is 5.02 Å². The molecule has 0 saturated heterocycles. The van der Waals surface area contributed by atoms with Crippen LogP contribution in [0.15, 0.2) is 6.07 Å². The number of hydrogen-bond donors (Lipinski definition) is 0. The second-order valence-corrected chi connectivity index (χ2v) is 2.91. The van der Waals surface area contributed by atoms with Crippen molar-refractivity contribution < 1.29 is 13.9 Å². The van der Waals surface area contributed by atoms with Crippen molar-refractivity contribution in [3.8, 4) is 11.5 Å². The van der Waals surface area contributed by atoms with Crippen LogP contribution in [0.5, 0.6) is 11.5 Å². The van der Waals surface area contributed by atoms with Crippen LogP contribution in [0.25, 0.3) is 0 Å². The number of hydrogen-bond acceptors (Lipinski definition) is 2. The van der Waals surface area contributed by atoms with E-state index in [2.05, 4.69) is 0 Å². The van der Waals surface area contributed by atoms with Crippen LogP contribution in [-0.2, 0) is 0 Å². The molecule has 0 saturated carbocycles. The molecule has 0 radical (unpaired) electrons. The summed E-state index contributed by atoms with van der Waals surface area (Å²) in [5.74, 6) is 0.101. The Morgan fingerprint density at radius 2 is 1.60 bits per heavy atom. The van der Waals surface area contributed by atoms with Crippen molar-refractivity contribution >= 4 is 11.6 Å². The molecule has 0 aliphatic rings. The molecule has 0 aliphatic carbocycles. The number of halogens is 2. The van der Waals surface area contributed by atoms with E-state index >= 15 is 0 Å². The van der Waals surface area contributed by atoms with Crippen molar-refractivity contribution in [1.82, 2.24) is 0 Å². The fourth-order valence-corrected chi connectivity index (χ4v) is 1.22. The summed E-state index contributed by atoms with van der Waals surface area (Å²) in [6, 6.07) is 1.42. The molecule has 0 aliphatic heterocycles. The van der Waals surface area contributed by atoms with Gasteiger partial charge in [0.25, 0.3) is 0 Å². The summed E-state index contributed by atoms with van der Waals surface area (Å²) in [4.78, 5) is 0. The summed E-state index contributed by atoms with van der Waals surface area (Å²) in [6.07, 6.45) is 0. The Morgan fingerprint density at radius 3 is 2.00 bits per heavy atom. The quantitative estimate of drug-likeness (QED) is 0.774. The van der Waals surface area contributed by atoms with Gasteiger partial charge in [-0.2, -0.15) is 0 Å². The molecule has 4 heteroatoms. The molecule has 15 heavy (non-hydrogen) atoms. The van der Waals surface area contributed by atoms with E-state index in [1.807, 2.05) is 13.8 Å². The summed E-state index contributed by atoms with van der Waals surface area (Å²) < 4.78 is 23.1. The van der Waals surface area contributed by atoms with Gasteiger partial charge in [0.15, 0.2) is 11.6 Å². The zero-order valence-corrected chi connectivity index (χ0v) is 10.4. The highest BCUT2D eigenvalue weighted by Crippen LogP contribution is 2.35. The van der Waals surface area contributed by atoms with Crippen molar-refractivity contribution in [3.05, 3.63) is 22.5 Å². The van der Waals surface area contributed by atoms with Crippen LogP contribution in [-0.4, -0.2) is 14.2 Å². The molecular formula is C11H16ClFO2. The smallest absolute Gasteiger partial charge is 0.169 e. The third kappa shape index (κ3) is 2.99. The van der Waals surface area contributed by atoms with Gasteiger partial charge >= 0.3 is 0 Å². The molecule has 1 aromatic carbocycles. The van der Waals surface area contributed by atoms with Crippen molar-refractivity contribution in [1.29, 1.82) is 0 Å². The summed E-state index contributed by atoms with van der Waals surface area (Å²) in [5, 5.41) is 0.279. The second-order valence-electron chi connectivity index (χ2n) is 2.53. The molecule has 86 valence electrons. The van der Waals surface area contributed by atoms with Crippen molar-refractivity contribution in [2.45, 2.75) is 20.8 Å². The van der Waals surface area contributed by atoms with Gasteiger partial charge in [0.05, 0.1) is 19.2 Å². The lowest BCUT2D eigenvalue weighted by Crippen LogP contribution is -1.95. The lowest BCUT2D eigenvalue weighted by molar-refractivity contribution is 0.372. The maximum Gasteiger partial charge on any atom is 0.169 e. The molecule has 0 N–H and O–H groups in total. The van der Waals surface area contributed by atoms with Crippen LogP contribution in [0.4, 0.5) is 4.39 Å². The SMILES string of the molecule is CC.COc1cc(OC)c(Cl)c(C)c1F. The van der Waals surface area contributed by atoms with Crippen molar-refractivity contribution in [2.24, 2.45) is 0 Å². The lowest BCUT2D eigenvalue weighted by Gasteiger charge is -2.10. The summed E-state index contributed by atoms with van der Waals surface area (Å²) in [6.45, 7) is 5.57. The van der Waals surface area contributed by atoms with E-state index in [0.717, 1.165) is 0 Å². The molecule has 1 rings (SSSR count). The zero-order valence-electron chi connectivity index (χ0n) is 9.65. The van der Waals surface area contributed by atoms with E-state index in [1.165, 1.54) is 20.3 Å². The molecule has 0 fully saturated rings. The lowest BCUT2D eigenvalue weighted by atomic mass is 10.2. The Kier molecular flexibility index (Phi) is 6.09. The Hall–Kier alpha value is -0.960. The molecular weight excluding hydrogens is 219 g/mol. The van der Waals surface area contributed by atoms with Crippen LogP contribution in [0.3, 0.4) is 0 Å². The van der Waals surface area contributed by atoms with Gasteiger partial charge in [-0.3, -0.25) is 0 Å². The van der Waals surface area contributed by atoms with Gasteiger partial charge in [0.2, 0.25) is 0 Å². The number of benzene rings is 1. The third-order valence-electron chi connectivity index (χ3n) is 1.79. The highest BCUT2D eigenvalue weighted by molar-refractivity contribution is 6.32. The summed E-state index contributed by atoms with van der Waals surface area (Å²) in [5.41, 5.74) is 0.331. The van der Waals surface area contributed by atoms with E-state index in [-0.39, 0.29) is 10.8 Å². The molecule has 0 bridgehead atoms. The number of ether oxygens (including phenoxy) is 2. The Morgan fingerprint density at radius 1 is 1.13 bits per heavy atom. The van der Waals surface area contributed by atoms with Gasteiger partial charge in [-0.15, -0.1) is 0 Å². The van der Waals surface area contributed by atoms with Gasteiger partial charge in [-0.25, -0.2) is 4.39 Å². The van der Waals surface area contributed by atoms with Crippen LogP contribution >= 0.6 is 11.6 Å². The molecule has 1 aromatic rings. The third-order valence-corrected chi connectivity index (χ3v) is 2.26. The summed E-state index contributed by atoms with van der Waals surface area (Å²) in [7, 11) is 2.86. The van der Waals surface area contributed by atoms with Gasteiger partial charge < -0.3 is 9.47 Å².